The van der Waals surface area contributed by atoms with Crippen LogP contribution in [0.2, 0.25) is 0 Å². The van der Waals surface area contributed by atoms with E-state index in [9.17, 15) is 4.79 Å². The second kappa shape index (κ2) is 5.24. The van der Waals surface area contributed by atoms with Gasteiger partial charge in [-0.25, -0.2) is 4.79 Å². The number of fused-ring (bicyclic) bond motifs is 1. The molecule has 1 aromatic carbocycles. The summed E-state index contributed by atoms with van der Waals surface area (Å²) in [5, 5.41) is 8.25. The normalized spacial score (nSPS) is 10.6. The van der Waals surface area contributed by atoms with Gasteiger partial charge in [0.05, 0.1) is 14.2 Å². The highest BCUT2D eigenvalue weighted by Gasteiger charge is 2.16. The summed E-state index contributed by atoms with van der Waals surface area (Å²) in [5.74, 6) is 0.893. The van der Waals surface area contributed by atoms with Gasteiger partial charge in [-0.2, -0.15) is 0 Å². The van der Waals surface area contributed by atoms with Crippen molar-refractivity contribution in [2.45, 2.75) is 0 Å². The Labute approximate surface area is 120 Å². The molecule has 0 aliphatic rings. The molecule has 3 rings (SSSR count). The van der Waals surface area contributed by atoms with Crippen LogP contribution in [0.4, 0.5) is 0 Å². The molecule has 3 aromatic rings. The molecule has 0 saturated heterocycles. The molecule has 0 fully saturated rings. The standard InChI is InChI=1S/C15H13N3O3/c1-20-11-8-6-10(7-9-11)14-17-16-13-5-3-4-12(18(13)14)15(19)21-2/h3-9H,1-2H3. The van der Waals surface area contributed by atoms with Crippen LogP contribution < -0.4 is 4.74 Å². The quantitative estimate of drug-likeness (QED) is 0.689. The third-order valence-corrected chi connectivity index (χ3v) is 3.17. The van der Waals surface area contributed by atoms with E-state index in [-0.39, 0.29) is 0 Å². The van der Waals surface area contributed by atoms with Crippen molar-refractivity contribution in [1.82, 2.24) is 14.6 Å². The van der Waals surface area contributed by atoms with Crippen LogP contribution in [0.15, 0.2) is 42.5 Å². The van der Waals surface area contributed by atoms with Gasteiger partial charge in [-0.15, -0.1) is 10.2 Å². The molecule has 0 saturated carbocycles. The van der Waals surface area contributed by atoms with Crippen LogP contribution in [-0.2, 0) is 4.74 Å². The fraction of sp³-hybridized carbons (Fsp3) is 0.133. The number of hydrogen-bond donors (Lipinski definition) is 0. The predicted octanol–water partition coefficient (Wildman–Crippen LogP) is 2.19. The molecule has 0 radical (unpaired) electrons. The SMILES string of the molecule is COC(=O)c1cccc2nnc(-c3ccc(OC)cc3)n12. The molecule has 0 aliphatic carbocycles. The van der Waals surface area contributed by atoms with Gasteiger partial charge < -0.3 is 9.47 Å². The summed E-state index contributed by atoms with van der Waals surface area (Å²) in [5.41, 5.74) is 1.80. The number of methoxy groups -OCH3 is 2. The van der Waals surface area contributed by atoms with E-state index in [1.807, 2.05) is 24.3 Å². The Morgan fingerprint density at radius 3 is 2.48 bits per heavy atom. The summed E-state index contributed by atoms with van der Waals surface area (Å²) in [6.07, 6.45) is 0. The van der Waals surface area contributed by atoms with Crippen molar-refractivity contribution in [2.24, 2.45) is 0 Å². The summed E-state index contributed by atoms with van der Waals surface area (Å²) in [7, 11) is 2.95. The Morgan fingerprint density at radius 1 is 1.05 bits per heavy atom. The minimum atomic E-state index is -0.435. The van der Waals surface area contributed by atoms with Crippen molar-refractivity contribution in [3.8, 4) is 17.1 Å². The molecule has 0 spiro atoms. The number of pyridine rings is 1. The Balaban J connectivity index is 2.20. The monoisotopic (exact) mass is 283 g/mol. The van der Waals surface area contributed by atoms with Crippen molar-refractivity contribution in [2.75, 3.05) is 14.2 Å². The Kier molecular flexibility index (Phi) is 3.27. The van der Waals surface area contributed by atoms with Gasteiger partial charge in [0.15, 0.2) is 11.5 Å². The van der Waals surface area contributed by atoms with E-state index in [0.29, 0.717) is 17.2 Å². The number of benzene rings is 1. The predicted molar refractivity (Wildman–Crippen MR) is 76.3 cm³/mol. The zero-order valence-electron chi connectivity index (χ0n) is 11.6. The first-order valence-electron chi connectivity index (χ1n) is 6.31. The number of aromatic nitrogens is 3. The van der Waals surface area contributed by atoms with Gasteiger partial charge >= 0.3 is 5.97 Å². The number of nitrogens with zero attached hydrogens (tertiary/aromatic N) is 3. The molecule has 21 heavy (non-hydrogen) atoms. The smallest absolute Gasteiger partial charge is 0.355 e. The maximum Gasteiger partial charge on any atom is 0.355 e. The molecule has 6 heteroatoms. The third kappa shape index (κ3) is 2.20. The van der Waals surface area contributed by atoms with E-state index < -0.39 is 5.97 Å². The highest BCUT2D eigenvalue weighted by molar-refractivity contribution is 5.89. The summed E-state index contributed by atoms with van der Waals surface area (Å²) in [6, 6.07) is 12.6. The molecule has 0 atom stereocenters. The average Bonchev–Trinajstić information content (AvgIpc) is 2.98. The van der Waals surface area contributed by atoms with Crippen LogP contribution in [0.1, 0.15) is 10.5 Å². The van der Waals surface area contributed by atoms with E-state index in [1.54, 1.807) is 29.7 Å². The summed E-state index contributed by atoms with van der Waals surface area (Å²) < 4.78 is 11.6. The van der Waals surface area contributed by atoms with Gasteiger partial charge in [-0.05, 0) is 36.4 Å². The molecule has 2 heterocycles. The highest BCUT2D eigenvalue weighted by atomic mass is 16.5. The van der Waals surface area contributed by atoms with E-state index in [2.05, 4.69) is 10.2 Å². The first kappa shape index (κ1) is 13.1. The summed E-state index contributed by atoms with van der Waals surface area (Å²) in [6.45, 7) is 0. The zero-order valence-corrected chi connectivity index (χ0v) is 11.6. The maximum atomic E-state index is 11.9. The molecule has 2 aromatic heterocycles. The van der Waals surface area contributed by atoms with Gasteiger partial charge in [0.25, 0.3) is 0 Å². The summed E-state index contributed by atoms with van der Waals surface area (Å²) >= 11 is 0. The minimum Gasteiger partial charge on any atom is -0.497 e. The van der Waals surface area contributed by atoms with Gasteiger partial charge in [0, 0.05) is 5.56 Å². The fourth-order valence-corrected chi connectivity index (χ4v) is 2.13. The third-order valence-electron chi connectivity index (χ3n) is 3.17. The van der Waals surface area contributed by atoms with Crippen molar-refractivity contribution in [3.05, 3.63) is 48.2 Å². The molecule has 0 bridgehead atoms. The number of carbonyl (C=O) groups excluding carboxylic acids is 1. The van der Waals surface area contributed by atoms with Crippen molar-refractivity contribution >= 4 is 11.6 Å². The van der Waals surface area contributed by atoms with Gasteiger partial charge in [0.1, 0.15) is 11.4 Å². The van der Waals surface area contributed by atoms with Gasteiger partial charge in [0.2, 0.25) is 0 Å². The van der Waals surface area contributed by atoms with Crippen LogP contribution in [0, 0.1) is 0 Å². The van der Waals surface area contributed by atoms with Crippen molar-refractivity contribution in [3.63, 3.8) is 0 Å². The number of carbonyl (C=O) groups is 1. The molecule has 6 nitrogen and oxygen atoms in total. The second-order valence-corrected chi connectivity index (χ2v) is 4.35. The molecule has 0 unspecified atom stereocenters. The van der Waals surface area contributed by atoms with E-state index in [0.717, 1.165) is 11.3 Å². The average molecular weight is 283 g/mol. The second-order valence-electron chi connectivity index (χ2n) is 4.35. The first-order chi connectivity index (χ1) is 10.2. The highest BCUT2D eigenvalue weighted by Crippen LogP contribution is 2.23. The number of hydrogen-bond acceptors (Lipinski definition) is 5. The molecular formula is C15H13N3O3. The Bertz CT molecular complexity index is 794. The molecule has 0 aliphatic heterocycles. The van der Waals surface area contributed by atoms with Crippen LogP contribution >= 0.6 is 0 Å². The van der Waals surface area contributed by atoms with Gasteiger partial charge in [-0.1, -0.05) is 6.07 Å². The van der Waals surface area contributed by atoms with Crippen LogP contribution in [0.25, 0.3) is 17.0 Å². The Hall–Kier alpha value is -2.89. The zero-order chi connectivity index (χ0) is 14.8. The first-order valence-corrected chi connectivity index (χ1v) is 6.31. The lowest BCUT2D eigenvalue weighted by Crippen LogP contribution is -2.08. The number of ether oxygens (including phenoxy) is 2. The molecule has 106 valence electrons. The van der Waals surface area contributed by atoms with Crippen molar-refractivity contribution < 1.29 is 14.3 Å². The Morgan fingerprint density at radius 2 is 1.81 bits per heavy atom. The van der Waals surface area contributed by atoms with E-state index in [1.165, 1.54) is 7.11 Å². The lowest BCUT2D eigenvalue weighted by Gasteiger charge is -2.06. The number of rotatable bonds is 3. The summed E-state index contributed by atoms with van der Waals surface area (Å²) in [4.78, 5) is 11.9. The molecule has 0 amide bonds. The van der Waals surface area contributed by atoms with E-state index >= 15 is 0 Å². The van der Waals surface area contributed by atoms with Crippen LogP contribution in [0.5, 0.6) is 5.75 Å². The topological polar surface area (TPSA) is 65.7 Å². The largest absolute Gasteiger partial charge is 0.497 e. The maximum absolute atomic E-state index is 11.9. The number of esters is 1. The molecular weight excluding hydrogens is 270 g/mol. The van der Waals surface area contributed by atoms with Crippen LogP contribution in [-0.4, -0.2) is 34.8 Å². The molecule has 0 N–H and O–H groups in total. The van der Waals surface area contributed by atoms with Crippen LogP contribution in [0.3, 0.4) is 0 Å². The lowest BCUT2D eigenvalue weighted by atomic mass is 10.2. The lowest BCUT2D eigenvalue weighted by molar-refractivity contribution is 0.0592. The van der Waals surface area contributed by atoms with Gasteiger partial charge in [-0.3, -0.25) is 4.40 Å². The minimum absolute atomic E-state index is 0.380. The fourth-order valence-electron chi connectivity index (χ4n) is 2.13. The van der Waals surface area contributed by atoms with Crippen molar-refractivity contribution in [1.29, 1.82) is 0 Å². The van der Waals surface area contributed by atoms with E-state index in [4.69, 9.17) is 9.47 Å².